The number of nitrogens with one attached hydrogen (secondary N) is 1. The summed E-state index contributed by atoms with van der Waals surface area (Å²) in [6.45, 7) is 7.17. The number of piperidine rings is 1. The van der Waals surface area contributed by atoms with Crippen LogP contribution in [-0.2, 0) is 29.2 Å². The summed E-state index contributed by atoms with van der Waals surface area (Å²) in [5, 5.41) is 7.31. The molecule has 2 fully saturated rings. The molecule has 1 N–H and O–H groups in total. The molecule has 1 amide bonds. The second-order valence-electron chi connectivity index (χ2n) is 9.67. The van der Waals surface area contributed by atoms with E-state index in [9.17, 15) is 4.79 Å². The molecular weight excluding hydrogens is 470 g/mol. The van der Waals surface area contributed by atoms with E-state index in [1.54, 1.807) is 7.11 Å². The number of carbonyl (C=O) groups excluding carboxylic acids is 1. The van der Waals surface area contributed by atoms with E-state index in [-0.39, 0.29) is 11.8 Å². The number of benzene rings is 2. The number of morpholine rings is 1. The zero-order valence-corrected chi connectivity index (χ0v) is 21.4. The number of likely N-dealkylation sites (tertiary alicyclic amines) is 1. The Hall–Kier alpha value is -3.27. The monoisotopic (exact) mass is 505 g/mol. The van der Waals surface area contributed by atoms with Crippen molar-refractivity contribution in [2.45, 2.75) is 32.5 Å². The van der Waals surface area contributed by atoms with Crippen molar-refractivity contribution >= 4 is 5.91 Å². The van der Waals surface area contributed by atoms with Crippen LogP contribution >= 0.6 is 0 Å². The van der Waals surface area contributed by atoms with Crippen molar-refractivity contribution in [3.05, 3.63) is 65.5 Å². The minimum absolute atomic E-state index is 0.0280. The maximum Gasteiger partial charge on any atom is 0.241 e. The van der Waals surface area contributed by atoms with E-state index < -0.39 is 0 Å². The highest BCUT2D eigenvalue weighted by Crippen LogP contribution is 2.22. The van der Waals surface area contributed by atoms with Gasteiger partial charge in [0.1, 0.15) is 5.75 Å². The number of aromatic nitrogens is 2. The molecule has 37 heavy (non-hydrogen) atoms. The van der Waals surface area contributed by atoms with E-state index in [1.165, 1.54) is 11.1 Å². The van der Waals surface area contributed by atoms with E-state index in [0.717, 1.165) is 70.1 Å². The van der Waals surface area contributed by atoms with Crippen LogP contribution in [0, 0.1) is 5.92 Å². The number of hydrogen-bond donors (Lipinski definition) is 1. The number of carbonyl (C=O) groups is 1. The second-order valence-corrected chi connectivity index (χ2v) is 9.67. The lowest BCUT2D eigenvalue weighted by Crippen LogP contribution is -2.40. The van der Waals surface area contributed by atoms with Gasteiger partial charge in [-0.3, -0.25) is 14.6 Å². The summed E-state index contributed by atoms with van der Waals surface area (Å²) in [6.07, 6.45) is 1.64. The molecule has 2 aliphatic rings. The van der Waals surface area contributed by atoms with Gasteiger partial charge >= 0.3 is 0 Å². The summed E-state index contributed by atoms with van der Waals surface area (Å²) in [6, 6.07) is 16.0. The lowest BCUT2D eigenvalue weighted by Gasteiger charge is -2.30. The molecule has 0 unspecified atom stereocenters. The van der Waals surface area contributed by atoms with Crippen LogP contribution in [0.2, 0.25) is 0 Å². The standard InChI is InChI=1S/C28H35N5O4/c1-35-25-8-6-21(7-9-25)27-30-26(37-31-27)20-32-12-10-22(11-13-32)28(34)29-18-23-4-2-3-5-24(23)19-33-14-16-36-17-15-33/h2-9,22H,10-20H2,1H3,(H,29,34). The van der Waals surface area contributed by atoms with E-state index in [1.807, 2.05) is 30.3 Å². The van der Waals surface area contributed by atoms with Crippen molar-refractivity contribution in [2.24, 2.45) is 5.92 Å². The van der Waals surface area contributed by atoms with E-state index in [4.69, 9.17) is 14.0 Å². The molecule has 0 atom stereocenters. The fourth-order valence-corrected chi connectivity index (χ4v) is 4.93. The number of methoxy groups -OCH3 is 1. The summed E-state index contributed by atoms with van der Waals surface area (Å²) >= 11 is 0. The van der Waals surface area contributed by atoms with Gasteiger partial charge in [0, 0.05) is 37.7 Å². The molecule has 3 heterocycles. The molecule has 0 radical (unpaired) electrons. The normalized spacial score (nSPS) is 17.5. The molecule has 0 bridgehead atoms. The minimum Gasteiger partial charge on any atom is -0.497 e. The van der Waals surface area contributed by atoms with Crippen LogP contribution in [-0.4, -0.2) is 72.4 Å². The Balaban J connectivity index is 1.08. The van der Waals surface area contributed by atoms with Gasteiger partial charge < -0.3 is 19.3 Å². The third-order valence-electron chi connectivity index (χ3n) is 7.20. The first-order valence-electron chi connectivity index (χ1n) is 13.0. The summed E-state index contributed by atoms with van der Waals surface area (Å²) in [7, 11) is 1.64. The fourth-order valence-electron chi connectivity index (χ4n) is 4.93. The van der Waals surface area contributed by atoms with Crippen molar-refractivity contribution < 1.29 is 18.8 Å². The van der Waals surface area contributed by atoms with Gasteiger partial charge in [-0.25, -0.2) is 0 Å². The van der Waals surface area contributed by atoms with Gasteiger partial charge in [0.25, 0.3) is 0 Å². The lowest BCUT2D eigenvalue weighted by atomic mass is 9.95. The van der Waals surface area contributed by atoms with Crippen molar-refractivity contribution in [3.63, 3.8) is 0 Å². The molecule has 0 saturated carbocycles. The molecule has 1 aromatic heterocycles. The molecule has 9 heteroatoms. The molecule has 2 saturated heterocycles. The van der Waals surface area contributed by atoms with Crippen LogP contribution in [0.25, 0.3) is 11.4 Å². The highest BCUT2D eigenvalue weighted by atomic mass is 16.5. The summed E-state index contributed by atoms with van der Waals surface area (Å²) in [5.41, 5.74) is 3.34. The molecule has 3 aromatic rings. The molecule has 2 aromatic carbocycles. The van der Waals surface area contributed by atoms with Crippen molar-refractivity contribution in [2.75, 3.05) is 46.5 Å². The average Bonchev–Trinajstić information content (AvgIpc) is 3.42. The fraction of sp³-hybridized carbons (Fsp3) is 0.464. The van der Waals surface area contributed by atoms with E-state index >= 15 is 0 Å². The molecular formula is C28H35N5O4. The second kappa shape index (κ2) is 12.3. The van der Waals surface area contributed by atoms with Gasteiger partial charge in [-0.1, -0.05) is 29.4 Å². The largest absolute Gasteiger partial charge is 0.497 e. The zero-order valence-electron chi connectivity index (χ0n) is 21.4. The van der Waals surface area contributed by atoms with E-state index in [0.29, 0.717) is 24.8 Å². The van der Waals surface area contributed by atoms with Gasteiger partial charge in [-0.15, -0.1) is 0 Å². The Kier molecular flexibility index (Phi) is 8.45. The smallest absolute Gasteiger partial charge is 0.241 e. The summed E-state index contributed by atoms with van der Waals surface area (Å²) in [4.78, 5) is 22.2. The van der Waals surface area contributed by atoms with Gasteiger partial charge in [0.15, 0.2) is 0 Å². The van der Waals surface area contributed by atoms with Gasteiger partial charge in [-0.2, -0.15) is 4.98 Å². The predicted molar refractivity (Wildman–Crippen MR) is 139 cm³/mol. The number of hydrogen-bond acceptors (Lipinski definition) is 8. The minimum atomic E-state index is 0.0280. The molecule has 196 valence electrons. The first kappa shape index (κ1) is 25.4. The lowest BCUT2D eigenvalue weighted by molar-refractivity contribution is -0.126. The maximum atomic E-state index is 12.9. The first-order chi connectivity index (χ1) is 18.2. The number of ether oxygens (including phenoxy) is 2. The topological polar surface area (TPSA) is 93.0 Å². The highest BCUT2D eigenvalue weighted by Gasteiger charge is 2.26. The Labute approximate surface area is 217 Å². The van der Waals surface area contributed by atoms with Crippen LogP contribution in [0.3, 0.4) is 0 Å². The SMILES string of the molecule is COc1ccc(-c2noc(CN3CCC(C(=O)NCc4ccccc4CN4CCOCC4)CC3)n2)cc1. The van der Waals surface area contributed by atoms with E-state index in [2.05, 4.69) is 43.5 Å². The molecule has 2 aliphatic heterocycles. The van der Waals surface area contributed by atoms with Gasteiger partial charge in [0.05, 0.1) is 26.9 Å². The maximum absolute atomic E-state index is 12.9. The number of rotatable bonds is 9. The van der Waals surface area contributed by atoms with Crippen LogP contribution in [0.4, 0.5) is 0 Å². The van der Waals surface area contributed by atoms with Crippen LogP contribution in [0.15, 0.2) is 53.1 Å². The number of amides is 1. The Morgan fingerprint density at radius 2 is 1.68 bits per heavy atom. The molecule has 0 aliphatic carbocycles. The van der Waals surface area contributed by atoms with Crippen LogP contribution < -0.4 is 10.1 Å². The number of nitrogens with zero attached hydrogens (tertiary/aromatic N) is 4. The van der Waals surface area contributed by atoms with Crippen molar-refractivity contribution in [1.29, 1.82) is 0 Å². The van der Waals surface area contributed by atoms with Crippen LogP contribution in [0.5, 0.6) is 5.75 Å². The Morgan fingerprint density at radius 1 is 0.973 bits per heavy atom. The summed E-state index contributed by atoms with van der Waals surface area (Å²) < 4.78 is 16.1. The Bertz CT molecular complexity index is 1150. The van der Waals surface area contributed by atoms with Gasteiger partial charge in [-0.05, 0) is 61.3 Å². The molecule has 5 rings (SSSR count). The van der Waals surface area contributed by atoms with Crippen LogP contribution in [0.1, 0.15) is 29.9 Å². The van der Waals surface area contributed by atoms with Gasteiger partial charge in [0.2, 0.25) is 17.6 Å². The third-order valence-corrected chi connectivity index (χ3v) is 7.20. The quantitative estimate of drug-likeness (QED) is 0.474. The summed E-state index contributed by atoms with van der Waals surface area (Å²) in [5.74, 6) is 2.11. The first-order valence-corrected chi connectivity index (χ1v) is 13.0. The predicted octanol–water partition coefficient (Wildman–Crippen LogP) is 3.11. The zero-order chi connectivity index (χ0) is 25.5. The van der Waals surface area contributed by atoms with Crippen molar-refractivity contribution in [1.82, 2.24) is 25.3 Å². The average molecular weight is 506 g/mol. The molecule has 9 nitrogen and oxygen atoms in total. The molecule has 0 spiro atoms. The highest BCUT2D eigenvalue weighted by molar-refractivity contribution is 5.78. The Morgan fingerprint density at radius 3 is 2.41 bits per heavy atom. The third kappa shape index (κ3) is 6.74. The van der Waals surface area contributed by atoms with Crippen molar-refractivity contribution in [3.8, 4) is 17.1 Å².